The van der Waals surface area contributed by atoms with Crippen LogP contribution in [-0.4, -0.2) is 65.7 Å². The molecule has 48 heavy (non-hydrogen) atoms. The van der Waals surface area contributed by atoms with Gasteiger partial charge in [0.15, 0.2) is 6.10 Å². The maximum atomic E-state index is 12.5. The van der Waals surface area contributed by atoms with Gasteiger partial charge >= 0.3 is 19.8 Å². The lowest BCUT2D eigenvalue weighted by molar-refractivity contribution is -0.161. The van der Waals surface area contributed by atoms with Crippen LogP contribution in [0.25, 0.3) is 0 Å². The SMILES string of the molecule is CC/C=C\C/C=C\C/C=C\C/C=C\CCCCC(=O)OC(COC(=O)CCCCCCCCCCCC)COP(=O)(O)OCC(O)CO. The van der Waals surface area contributed by atoms with Gasteiger partial charge in [-0.25, -0.2) is 4.57 Å². The maximum absolute atomic E-state index is 12.5. The van der Waals surface area contributed by atoms with E-state index in [1.165, 1.54) is 38.5 Å². The van der Waals surface area contributed by atoms with E-state index in [9.17, 15) is 24.2 Å². The highest BCUT2D eigenvalue weighted by Gasteiger charge is 2.27. The first kappa shape index (κ1) is 45.9. The van der Waals surface area contributed by atoms with Gasteiger partial charge in [0.1, 0.15) is 12.7 Å². The van der Waals surface area contributed by atoms with E-state index in [0.717, 1.165) is 57.8 Å². The summed E-state index contributed by atoms with van der Waals surface area (Å²) in [6.07, 6.45) is 32.4. The van der Waals surface area contributed by atoms with Crippen molar-refractivity contribution in [2.45, 2.75) is 148 Å². The quantitative estimate of drug-likeness (QED) is 0.0263. The van der Waals surface area contributed by atoms with Gasteiger partial charge in [-0.05, 0) is 51.4 Å². The third-order valence-corrected chi connectivity index (χ3v) is 8.20. The van der Waals surface area contributed by atoms with Crippen LogP contribution >= 0.6 is 7.82 Å². The van der Waals surface area contributed by atoms with Crippen LogP contribution in [0.2, 0.25) is 0 Å². The number of allylic oxidation sites excluding steroid dienone is 8. The van der Waals surface area contributed by atoms with E-state index in [2.05, 4.69) is 67.0 Å². The van der Waals surface area contributed by atoms with Crippen molar-refractivity contribution in [2.75, 3.05) is 26.4 Å². The molecule has 0 aromatic carbocycles. The van der Waals surface area contributed by atoms with Crippen molar-refractivity contribution in [3.8, 4) is 0 Å². The molecule has 3 unspecified atom stereocenters. The zero-order chi connectivity index (χ0) is 35.6. The van der Waals surface area contributed by atoms with Gasteiger partial charge in [-0.2, -0.15) is 0 Å². The molecular formula is C37H65O10P. The fourth-order valence-corrected chi connectivity index (χ4v) is 5.24. The summed E-state index contributed by atoms with van der Waals surface area (Å²) in [6, 6.07) is 0. The number of carbonyl (C=O) groups excluding carboxylic acids is 2. The average Bonchev–Trinajstić information content (AvgIpc) is 3.07. The van der Waals surface area contributed by atoms with Crippen LogP contribution in [0.5, 0.6) is 0 Å². The minimum Gasteiger partial charge on any atom is -0.462 e. The molecule has 0 aliphatic rings. The molecular weight excluding hydrogens is 635 g/mol. The number of aliphatic hydroxyl groups excluding tert-OH is 2. The van der Waals surface area contributed by atoms with Crippen molar-refractivity contribution in [2.24, 2.45) is 0 Å². The molecule has 0 heterocycles. The number of rotatable bonds is 33. The Kier molecular flexibility index (Phi) is 32.0. The van der Waals surface area contributed by atoms with Gasteiger partial charge in [0.25, 0.3) is 0 Å². The van der Waals surface area contributed by atoms with Crippen molar-refractivity contribution in [3.05, 3.63) is 48.6 Å². The number of phosphoric acid groups is 1. The fourth-order valence-electron chi connectivity index (χ4n) is 4.45. The van der Waals surface area contributed by atoms with Crippen molar-refractivity contribution >= 4 is 19.8 Å². The number of hydrogen-bond donors (Lipinski definition) is 3. The van der Waals surface area contributed by atoms with E-state index in [1.807, 2.05) is 0 Å². The number of aliphatic hydroxyl groups is 2. The maximum Gasteiger partial charge on any atom is 0.472 e. The normalized spacial score (nSPS) is 14.7. The standard InChI is InChI=1S/C37H65O10P/c1-3-5-7-9-11-13-15-16-17-18-19-21-23-25-27-29-37(41)47-35(33-46-48(42,43)45-31-34(39)30-38)32-44-36(40)28-26-24-22-20-14-12-10-8-6-4-2/h5,7,11,13,16-17,19,21,34-35,38-39H,3-4,6,8-10,12,14-15,18,20,22-33H2,1-2H3,(H,42,43)/b7-5-,13-11-,17-16-,21-19-. The molecule has 3 N–H and O–H groups in total. The number of carbonyl (C=O) groups is 2. The Balaban J connectivity index is 4.49. The van der Waals surface area contributed by atoms with Crippen molar-refractivity contribution in [1.29, 1.82) is 0 Å². The smallest absolute Gasteiger partial charge is 0.462 e. The Morgan fingerprint density at radius 1 is 0.646 bits per heavy atom. The first-order chi connectivity index (χ1) is 23.2. The fraction of sp³-hybridized carbons (Fsp3) is 0.730. The summed E-state index contributed by atoms with van der Waals surface area (Å²) in [5, 5.41) is 18.2. The highest BCUT2D eigenvalue weighted by molar-refractivity contribution is 7.47. The number of unbranched alkanes of at least 4 members (excludes halogenated alkanes) is 11. The highest BCUT2D eigenvalue weighted by Crippen LogP contribution is 2.43. The van der Waals surface area contributed by atoms with Crippen molar-refractivity contribution < 1.29 is 47.8 Å². The summed E-state index contributed by atoms with van der Waals surface area (Å²) in [5.74, 6) is -0.980. The summed E-state index contributed by atoms with van der Waals surface area (Å²) < 4.78 is 32.5. The van der Waals surface area contributed by atoms with Crippen LogP contribution in [0.1, 0.15) is 136 Å². The van der Waals surface area contributed by atoms with E-state index in [0.29, 0.717) is 12.8 Å². The van der Waals surface area contributed by atoms with E-state index >= 15 is 0 Å². The van der Waals surface area contributed by atoms with Crippen LogP contribution in [-0.2, 0) is 32.7 Å². The molecule has 0 amide bonds. The predicted octanol–water partition coefficient (Wildman–Crippen LogP) is 8.60. The van der Waals surface area contributed by atoms with E-state index in [1.54, 1.807) is 0 Å². The molecule has 0 saturated carbocycles. The van der Waals surface area contributed by atoms with E-state index in [4.69, 9.17) is 19.1 Å². The third kappa shape index (κ3) is 32.5. The van der Waals surface area contributed by atoms with Gasteiger partial charge in [0, 0.05) is 12.8 Å². The Hall–Kier alpha value is -2.07. The molecule has 0 bridgehead atoms. The first-order valence-corrected chi connectivity index (χ1v) is 19.6. The largest absolute Gasteiger partial charge is 0.472 e. The zero-order valence-corrected chi connectivity index (χ0v) is 30.6. The van der Waals surface area contributed by atoms with Gasteiger partial charge in [-0.15, -0.1) is 0 Å². The molecule has 0 aliphatic heterocycles. The number of hydrogen-bond acceptors (Lipinski definition) is 9. The molecule has 0 spiro atoms. The predicted molar refractivity (Wildman–Crippen MR) is 191 cm³/mol. The lowest BCUT2D eigenvalue weighted by atomic mass is 10.1. The molecule has 278 valence electrons. The molecule has 10 nitrogen and oxygen atoms in total. The van der Waals surface area contributed by atoms with Gasteiger partial charge in [0.2, 0.25) is 0 Å². The van der Waals surface area contributed by atoms with Gasteiger partial charge < -0.3 is 24.6 Å². The second-order valence-corrected chi connectivity index (χ2v) is 13.3. The summed E-state index contributed by atoms with van der Waals surface area (Å²) in [6.45, 7) is 2.17. The first-order valence-electron chi connectivity index (χ1n) is 18.1. The molecule has 0 aliphatic carbocycles. The van der Waals surface area contributed by atoms with Gasteiger partial charge in [-0.1, -0.05) is 120 Å². The Labute approximate surface area is 290 Å². The van der Waals surface area contributed by atoms with Gasteiger partial charge in [-0.3, -0.25) is 18.6 Å². The monoisotopic (exact) mass is 700 g/mol. The lowest BCUT2D eigenvalue weighted by Crippen LogP contribution is -2.29. The molecule has 0 radical (unpaired) electrons. The Bertz CT molecular complexity index is 946. The summed E-state index contributed by atoms with van der Waals surface area (Å²) in [4.78, 5) is 34.7. The minimum atomic E-state index is -4.62. The second kappa shape index (κ2) is 33.4. The van der Waals surface area contributed by atoms with E-state index < -0.39 is 51.8 Å². The van der Waals surface area contributed by atoms with Crippen LogP contribution in [0.4, 0.5) is 0 Å². The molecule has 0 saturated heterocycles. The topological polar surface area (TPSA) is 149 Å². The highest BCUT2D eigenvalue weighted by atomic mass is 31.2. The summed E-state index contributed by atoms with van der Waals surface area (Å²) >= 11 is 0. The number of phosphoric ester groups is 1. The molecule has 0 fully saturated rings. The third-order valence-electron chi connectivity index (χ3n) is 7.25. The second-order valence-electron chi connectivity index (χ2n) is 11.9. The molecule has 3 atom stereocenters. The van der Waals surface area contributed by atoms with Crippen LogP contribution in [0.3, 0.4) is 0 Å². The molecule has 11 heteroatoms. The van der Waals surface area contributed by atoms with Crippen LogP contribution in [0, 0.1) is 0 Å². The number of esters is 2. The van der Waals surface area contributed by atoms with Crippen LogP contribution in [0.15, 0.2) is 48.6 Å². The number of ether oxygens (including phenoxy) is 2. The summed E-state index contributed by atoms with van der Waals surface area (Å²) in [5.41, 5.74) is 0. The van der Waals surface area contributed by atoms with E-state index in [-0.39, 0.29) is 19.4 Å². The lowest BCUT2D eigenvalue weighted by Gasteiger charge is -2.20. The minimum absolute atomic E-state index is 0.131. The van der Waals surface area contributed by atoms with Crippen LogP contribution < -0.4 is 0 Å². The molecule has 0 rings (SSSR count). The summed E-state index contributed by atoms with van der Waals surface area (Å²) in [7, 11) is -4.62. The van der Waals surface area contributed by atoms with Crippen molar-refractivity contribution in [1.82, 2.24) is 0 Å². The zero-order valence-electron chi connectivity index (χ0n) is 29.7. The Morgan fingerprint density at radius 3 is 1.73 bits per heavy atom. The molecule has 0 aromatic heterocycles. The van der Waals surface area contributed by atoms with Gasteiger partial charge in [0.05, 0.1) is 19.8 Å². The van der Waals surface area contributed by atoms with Crippen molar-refractivity contribution in [3.63, 3.8) is 0 Å². The Morgan fingerprint density at radius 2 is 1.15 bits per heavy atom. The average molecular weight is 701 g/mol. The molecule has 0 aromatic rings.